The average Bonchev–Trinajstić information content (AvgIpc) is 2.42. The van der Waals surface area contributed by atoms with Crippen molar-refractivity contribution in [1.29, 1.82) is 0 Å². The van der Waals surface area contributed by atoms with E-state index in [1.807, 2.05) is 12.1 Å². The summed E-state index contributed by atoms with van der Waals surface area (Å²) in [5.74, 6) is 0.931. The normalized spacial score (nSPS) is 11.1. The lowest BCUT2D eigenvalue weighted by Gasteiger charge is -2.14. The van der Waals surface area contributed by atoms with Crippen LogP contribution in [-0.4, -0.2) is 25.9 Å². The number of unbranched alkanes of at least 4 members (excludes halogenated alkanes) is 1. The minimum atomic E-state index is 0.458. The van der Waals surface area contributed by atoms with E-state index in [-0.39, 0.29) is 0 Å². The Morgan fingerprint density at radius 3 is 2.70 bits per heavy atom. The fourth-order valence-corrected chi connectivity index (χ4v) is 2.11. The molecule has 0 fully saturated rings. The van der Waals surface area contributed by atoms with E-state index in [2.05, 4.69) is 48.1 Å². The fraction of sp³-hybridized carbons (Fsp3) is 0.625. The second-order valence-electron chi connectivity index (χ2n) is 5.10. The molecule has 0 heterocycles. The molecular weight excluding hydrogens is 318 g/mol. The molecule has 20 heavy (non-hydrogen) atoms. The first-order valence-corrected chi connectivity index (χ1v) is 8.15. The molecular formula is C16H26BrNO2. The monoisotopic (exact) mass is 343 g/mol. The van der Waals surface area contributed by atoms with Crippen molar-refractivity contribution in [3.8, 4) is 5.75 Å². The van der Waals surface area contributed by atoms with Crippen LogP contribution in [0.3, 0.4) is 0 Å². The van der Waals surface area contributed by atoms with Crippen LogP contribution in [0.2, 0.25) is 0 Å². The molecule has 0 aliphatic heterocycles. The van der Waals surface area contributed by atoms with Gasteiger partial charge in [-0.1, -0.05) is 43.1 Å². The van der Waals surface area contributed by atoms with Crippen LogP contribution in [0.1, 0.15) is 39.2 Å². The zero-order valence-corrected chi connectivity index (χ0v) is 14.3. The molecule has 1 rings (SSSR count). The zero-order valence-electron chi connectivity index (χ0n) is 12.7. The molecule has 0 saturated heterocycles. The molecule has 0 amide bonds. The molecule has 0 spiro atoms. The van der Waals surface area contributed by atoms with Crippen LogP contribution < -0.4 is 10.1 Å². The Kier molecular flexibility index (Phi) is 8.90. The van der Waals surface area contributed by atoms with Crippen molar-refractivity contribution < 1.29 is 9.47 Å². The van der Waals surface area contributed by atoms with Gasteiger partial charge in [0.15, 0.2) is 0 Å². The van der Waals surface area contributed by atoms with Crippen LogP contribution in [0, 0.1) is 0 Å². The van der Waals surface area contributed by atoms with E-state index < -0.39 is 0 Å². The third-order valence-corrected chi connectivity index (χ3v) is 3.34. The second-order valence-corrected chi connectivity index (χ2v) is 6.02. The molecule has 1 aromatic rings. The Labute approximate surface area is 131 Å². The molecule has 0 bridgehead atoms. The first-order valence-electron chi connectivity index (χ1n) is 7.35. The lowest BCUT2D eigenvalue weighted by Crippen LogP contribution is -2.22. The van der Waals surface area contributed by atoms with Gasteiger partial charge in [-0.25, -0.2) is 0 Å². The number of hydrogen-bond donors (Lipinski definition) is 1. The van der Waals surface area contributed by atoms with E-state index in [1.165, 1.54) is 12.0 Å². The molecule has 1 aromatic carbocycles. The molecule has 1 N–H and O–H groups in total. The minimum absolute atomic E-state index is 0.458. The standard InChI is InChI=1S/C16H26BrNO2/c1-4-5-8-19-9-10-20-16-7-6-15(17)11-14(16)12-18-13(2)3/h6-7,11,13,18H,4-5,8-10,12H2,1-3H3. The maximum absolute atomic E-state index is 5.82. The Morgan fingerprint density at radius 2 is 2.00 bits per heavy atom. The SMILES string of the molecule is CCCCOCCOc1ccc(Br)cc1CNC(C)C. The van der Waals surface area contributed by atoms with Gasteiger partial charge in [-0.2, -0.15) is 0 Å². The largest absolute Gasteiger partial charge is 0.491 e. The summed E-state index contributed by atoms with van der Waals surface area (Å²) in [6.07, 6.45) is 2.28. The van der Waals surface area contributed by atoms with E-state index >= 15 is 0 Å². The van der Waals surface area contributed by atoms with E-state index in [1.54, 1.807) is 0 Å². The van der Waals surface area contributed by atoms with Crippen molar-refractivity contribution in [3.63, 3.8) is 0 Å². The van der Waals surface area contributed by atoms with Gasteiger partial charge in [-0.3, -0.25) is 0 Å². The van der Waals surface area contributed by atoms with E-state index in [0.29, 0.717) is 19.3 Å². The third kappa shape index (κ3) is 7.27. The van der Waals surface area contributed by atoms with Gasteiger partial charge >= 0.3 is 0 Å². The molecule has 0 unspecified atom stereocenters. The predicted molar refractivity (Wildman–Crippen MR) is 87.3 cm³/mol. The van der Waals surface area contributed by atoms with E-state index in [9.17, 15) is 0 Å². The summed E-state index contributed by atoms with van der Waals surface area (Å²) in [7, 11) is 0. The van der Waals surface area contributed by atoms with Crippen molar-refractivity contribution in [1.82, 2.24) is 5.32 Å². The molecule has 114 valence electrons. The summed E-state index contributed by atoms with van der Waals surface area (Å²) in [5, 5.41) is 3.42. The number of benzene rings is 1. The van der Waals surface area contributed by atoms with E-state index in [4.69, 9.17) is 9.47 Å². The van der Waals surface area contributed by atoms with Crippen LogP contribution >= 0.6 is 15.9 Å². The molecule has 0 aliphatic rings. The Balaban J connectivity index is 2.43. The van der Waals surface area contributed by atoms with Crippen LogP contribution in [0.15, 0.2) is 22.7 Å². The third-order valence-electron chi connectivity index (χ3n) is 2.85. The lowest BCUT2D eigenvalue weighted by atomic mass is 10.2. The highest BCUT2D eigenvalue weighted by molar-refractivity contribution is 9.10. The number of hydrogen-bond acceptors (Lipinski definition) is 3. The summed E-state index contributed by atoms with van der Waals surface area (Å²) in [6.45, 7) is 9.31. The smallest absolute Gasteiger partial charge is 0.123 e. The van der Waals surface area contributed by atoms with Gasteiger partial charge in [-0.05, 0) is 24.6 Å². The highest BCUT2D eigenvalue weighted by Crippen LogP contribution is 2.23. The van der Waals surface area contributed by atoms with Gasteiger partial charge in [0.25, 0.3) is 0 Å². The van der Waals surface area contributed by atoms with Crippen LogP contribution in [0.4, 0.5) is 0 Å². The summed E-state index contributed by atoms with van der Waals surface area (Å²) in [6, 6.07) is 6.57. The highest BCUT2D eigenvalue weighted by atomic mass is 79.9. The van der Waals surface area contributed by atoms with Gasteiger partial charge in [0, 0.05) is 29.2 Å². The quantitative estimate of drug-likeness (QED) is 0.647. The predicted octanol–water partition coefficient (Wildman–Crippen LogP) is 4.14. The topological polar surface area (TPSA) is 30.5 Å². The van der Waals surface area contributed by atoms with Gasteiger partial charge in [0.2, 0.25) is 0 Å². The van der Waals surface area contributed by atoms with Crippen LogP contribution in [-0.2, 0) is 11.3 Å². The Hall–Kier alpha value is -0.580. The number of rotatable bonds is 10. The molecule has 0 aliphatic carbocycles. The molecule has 4 heteroatoms. The molecule has 0 radical (unpaired) electrons. The number of halogens is 1. The average molecular weight is 344 g/mol. The highest BCUT2D eigenvalue weighted by Gasteiger charge is 2.05. The molecule has 3 nitrogen and oxygen atoms in total. The van der Waals surface area contributed by atoms with Crippen molar-refractivity contribution in [3.05, 3.63) is 28.2 Å². The summed E-state index contributed by atoms with van der Waals surface area (Å²) < 4.78 is 12.4. The number of ether oxygens (including phenoxy) is 2. The van der Waals surface area contributed by atoms with Gasteiger partial charge in [0.1, 0.15) is 12.4 Å². The van der Waals surface area contributed by atoms with E-state index in [0.717, 1.165) is 29.8 Å². The fourth-order valence-electron chi connectivity index (χ4n) is 1.70. The lowest BCUT2D eigenvalue weighted by molar-refractivity contribution is 0.0977. The van der Waals surface area contributed by atoms with Crippen LogP contribution in [0.25, 0.3) is 0 Å². The van der Waals surface area contributed by atoms with Crippen molar-refractivity contribution in [2.24, 2.45) is 0 Å². The molecule has 0 aromatic heterocycles. The van der Waals surface area contributed by atoms with Gasteiger partial charge < -0.3 is 14.8 Å². The van der Waals surface area contributed by atoms with Crippen molar-refractivity contribution in [2.75, 3.05) is 19.8 Å². The first-order chi connectivity index (χ1) is 9.63. The van der Waals surface area contributed by atoms with Gasteiger partial charge in [0.05, 0.1) is 6.61 Å². The zero-order chi connectivity index (χ0) is 14.8. The summed E-state index contributed by atoms with van der Waals surface area (Å²) >= 11 is 3.51. The first kappa shape index (κ1) is 17.5. The molecule has 0 saturated carbocycles. The Morgan fingerprint density at radius 1 is 1.20 bits per heavy atom. The minimum Gasteiger partial charge on any atom is -0.491 e. The van der Waals surface area contributed by atoms with Crippen molar-refractivity contribution >= 4 is 15.9 Å². The van der Waals surface area contributed by atoms with Gasteiger partial charge in [-0.15, -0.1) is 0 Å². The molecule has 0 atom stereocenters. The second kappa shape index (κ2) is 10.2. The number of nitrogens with one attached hydrogen (secondary N) is 1. The van der Waals surface area contributed by atoms with Crippen LogP contribution in [0.5, 0.6) is 5.75 Å². The summed E-state index contributed by atoms with van der Waals surface area (Å²) in [4.78, 5) is 0. The maximum atomic E-state index is 5.82. The van der Waals surface area contributed by atoms with Crippen molar-refractivity contribution in [2.45, 2.75) is 46.2 Å². The Bertz CT molecular complexity index is 383. The maximum Gasteiger partial charge on any atom is 0.123 e. The summed E-state index contributed by atoms with van der Waals surface area (Å²) in [5.41, 5.74) is 1.17.